The maximum Gasteiger partial charge on any atom is 0.308 e. The average Bonchev–Trinajstić information content (AvgIpc) is 3.71. The molecule has 38 heavy (non-hydrogen) atoms. The van der Waals surface area contributed by atoms with Crippen molar-refractivity contribution in [3.63, 3.8) is 0 Å². The summed E-state index contributed by atoms with van der Waals surface area (Å²) in [4.78, 5) is 21.9. The topological polar surface area (TPSA) is 98.7 Å². The quantitative estimate of drug-likeness (QED) is 0.250. The summed E-state index contributed by atoms with van der Waals surface area (Å²) in [5.74, 6) is 0.544. The van der Waals surface area contributed by atoms with E-state index in [0.29, 0.717) is 35.5 Å². The summed E-state index contributed by atoms with van der Waals surface area (Å²) >= 11 is 7.42. The van der Waals surface area contributed by atoms with Crippen LogP contribution in [0.2, 0.25) is 5.02 Å². The molecule has 0 atom stereocenters. The molecule has 6 aromatic rings. The fourth-order valence-electron chi connectivity index (χ4n) is 4.16. The van der Waals surface area contributed by atoms with Gasteiger partial charge in [0.1, 0.15) is 23.5 Å². The number of nitrogens with one attached hydrogen (secondary N) is 1. The second-order valence-electron chi connectivity index (χ2n) is 8.64. The van der Waals surface area contributed by atoms with Crippen molar-refractivity contribution in [2.24, 2.45) is 0 Å². The van der Waals surface area contributed by atoms with E-state index in [4.69, 9.17) is 21.0 Å². The fraction of sp³-hybridized carbons (Fsp3) is 0.107. The van der Waals surface area contributed by atoms with Crippen molar-refractivity contribution in [2.45, 2.75) is 19.4 Å². The smallest absolute Gasteiger partial charge is 0.308 e. The zero-order valence-corrected chi connectivity index (χ0v) is 21.6. The lowest BCUT2D eigenvalue weighted by atomic mass is 10.1. The Morgan fingerprint density at radius 3 is 2.58 bits per heavy atom. The number of aryl methyl sites for hydroxylation is 1. The summed E-state index contributed by atoms with van der Waals surface area (Å²) in [5.41, 5.74) is 6.11. The van der Waals surface area contributed by atoms with Gasteiger partial charge in [-0.3, -0.25) is 9.36 Å². The van der Waals surface area contributed by atoms with Gasteiger partial charge in [0, 0.05) is 40.9 Å². The zero-order chi connectivity index (χ0) is 25.9. The molecular formula is C28H21ClN6O2S. The van der Waals surface area contributed by atoms with Crippen LogP contribution in [0, 0.1) is 0 Å². The molecule has 0 bridgehead atoms. The summed E-state index contributed by atoms with van der Waals surface area (Å²) in [7, 11) is 0. The number of hydrogen-bond acceptors (Lipinski definition) is 7. The monoisotopic (exact) mass is 540 g/mol. The van der Waals surface area contributed by atoms with Crippen LogP contribution in [0.5, 0.6) is 0 Å². The van der Waals surface area contributed by atoms with E-state index in [0.717, 1.165) is 33.4 Å². The number of nitrogens with zero attached hydrogens (tertiary/aromatic N) is 5. The largest absolute Gasteiger partial charge is 0.427 e. The first kappa shape index (κ1) is 24.0. The van der Waals surface area contributed by atoms with E-state index in [1.807, 2.05) is 82.7 Å². The molecule has 10 heteroatoms. The van der Waals surface area contributed by atoms with E-state index in [2.05, 4.69) is 19.9 Å². The Bertz CT molecular complexity index is 1690. The molecule has 3 aromatic heterocycles. The molecule has 1 amide bonds. The molecule has 0 aliphatic carbocycles. The normalized spacial score (nSPS) is 11.2. The molecule has 1 N–H and O–H groups in total. The van der Waals surface area contributed by atoms with Gasteiger partial charge in [0.25, 0.3) is 0 Å². The lowest BCUT2D eigenvalue weighted by Crippen LogP contribution is -2.23. The number of aromatic nitrogens is 5. The second kappa shape index (κ2) is 10.6. The van der Waals surface area contributed by atoms with Crippen LogP contribution in [0.1, 0.15) is 17.7 Å². The van der Waals surface area contributed by atoms with Crippen LogP contribution in [0.3, 0.4) is 0 Å². The summed E-state index contributed by atoms with van der Waals surface area (Å²) in [6.45, 7) is 0.432. The maximum atomic E-state index is 12.7. The van der Waals surface area contributed by atoms with E-state index < -0.39 is 0 Å². The first-order valence-electron chi connectivity index (χ1n) is 12.0. The molecule has 0 radical (unpaired) electrons. The third-order valence-corrected chi connectivity index (χ3v) is 6.90. The molecule has 3 heterocycles. The molecule has 6 rings (SSSR count). The third kappa shape index (κ3) is 5.06. The van der Waals surface area contributed by atoms with Crippen LogP contribution < -0.4 is 5.32 Å². The summed E-state index contributed by atoms with van der Waals surface area (Å²) in [5, 5.41) is 9.61. The molecule has 0 aliphatic rings. The summed E-state index contributed by atoms with van der Waals surface area (Å²) in [6.07, 6.45) is 2.33. The number of para-hydroxylation sites is 2. The lowest BCUT2D eigenvalue weighted by Gasteiger charge is -2.06. The molecule has 0 saturated carbocycles. The highest BCUT2D eigenvalue weighted by Gasteiger charge is 2.19. The number of amides is 1. The van der Waals surface area contributed by atoms with Crippen LogP contribution in [0.25, 0.3) is 39.6 Å². The minimum Gasteiger partial charge on any atom is -0.427 e. The van der Waals surface area contributed by atoms with Gasteiger partial charge in [-0.25, -0.2) is 4.98 Å². The summed E-state index contributed by atoms with van der Waals surface area (Å²) < 4.78 is 11.9. The van der Waals surface area contributed by atoms with Crippen LogP contribution in [0.15, 0.2) is 88.9 Å². The van der Waals surface area contributed by atoms with Crippen molar-refractivity contribution in [1.29, 1.82) is 0 Å². The van der Waals surface area contributed by atoms with E-state index >= 15 is 0 Å². The first-order chi connectivity index (χ1) is 18.6. The Labute approximate surface area is 227 Å². The van der Waals surface area contributed by atoms with Crippen LogP contribution in [0.4, 0.5) is 0 Å². The SMILES string of the molecule is O=C(CCc1oc(-n2cnc3ccccc32)nc1-c1ccc(Cl)cc1)NCc1ccc(-c2csnn2)cc1. The van der Waals surface area contributed by atoms with Crippen molar-refractivity contribution < 1.29 is 9.21 Å². The Morgan fingerprint density at radius 1 is 1.00 bits per heavy atom. The lowest BCUT2D eigenvalue weighted by molar-refractivity contribution is -0.121. The Hall–Kier alpha value is -4.34. The van der Waals surface area contributed by atoms with Gasteiger partial charge in [0.05, 0.1) is 11.0 Å². The van der Waals surface area contributed by atoms with E-state index in [1.165, 1.54) is 11.5 Å². The van der Waals surface area contributed by atoms with Gasteiger partial charge in [0.2, 0.25) is 5.91 Å². The third-order valence-electron chi connectivity index (χ3n) is 6.14. The van der Waals surface area contributed by atoms with Gasteiger partial charge < -0.3 is 9.73 Å². The highest BCUT2D eigenvalue weighted by Crippen LogP contribution is 2.29. The molecule has 0 fully saturated rings. The number of carbonyl (C=O) groups is 1. The van der Waals surface area contributed by atoms with Gasteiger partial charge >= 0.3 is 6.01 Å². The molecule has 8 nitrogen and oxygen atoms in total. The fourth-order valence-corrected chi connectivity index (χ4v) is 4.75. The molecule has 0 unspecified atom stereocenters. The van der Waals surface area contributed by atoms with Gasteiger partial charge in [-0.15, -0.1) is 5.10 Å². The first-order valence-corrected chi connectivity index (χ1v) is 13.2. The number of halogens is 1. The van der Waals surface area contributed by atoms with Gasteiger partial charge in [-0.2, -0.15) is 4.98 Å². The van der Waals surface area contributed by atoms with Crippen molar-refractivity contribution in [2.75, 3.05) is 0 Å². The molecule has 188 valence electrons. The van der Waals surface area contributed by atoms with E-state index in [-0.39, 0.29) is 12.3 Å². The predicted octanol–water partition coefficient (Wildman–Crippen LogP) is 6.10. The number of benzene rings is 3. The zero-order valence-electron chi connectivity index (χ0n) is 20.0. The van der Waals surface area contributed by atoms with Crippen molar-refractivity contribution in [3.05, 3.63) is 101 Å². The van der Waals surface area contributed by atoms with Crippen molar-refractivity contribution in [1.82, 2.24) is 29.4 Å². The Morgan fingerprint density at radius 2 is 1.79 bits per heavy atom. The Kier molecular flexibility index (Phi) is 6.68. The standard InChI is InChI=1S/C28H21ClN6O2S/c29-21-11-9-20(10-12-21)27-25(37-28(32-27)35-17-31-22-3-1-2-4-24(22)35)13-14-26(36)30-15-18-5-7-19(8-6-18)23-16-38-34-33-23/h1-12,16-17H,13-15H2,(H,30,36). The Balaban J connectivity index is 1.17. The molecular weight excluding hydrogens is 520 g/mol. The number of imidazole rings is 1. The minimum absolute atomic E-state index is 0.0779. The predicted molar refractivity (Wildman–Crippen MR) is 147 cm³/mol. The van der Waals surface area contributed by atoms with Crippen molar-refractivity contribution in [3.8, 4) is 28.5 Å². The molecule has 0 saturated heterocycles. The number of oxazole rings is 1. The number of rotatable bonds is 8. The van der Waals surface area contributed by atoms with Gasteiger partial charge in [0.15, 0.2) is 0 Å². The summed E-state index contributed by atoms with van der Waals surface area (Å²) in [6, 6.07) is 23.5. The van der Waals surface area contributed by atoms with E-state index in [9.17, 15) is 4.79 Å². The minimum atomic E-state index is -0.0779. The molecule has 0 spiro atoms. The van der Waals surface area contributed by atoms with Crippen molar-refractivity contribution >= 4 is 40.1 Å². The maximum absolute atomic E-state index is 12.7. The second-order valence-corrected chi connectivity index (χ2v) is 9.69. The van der Waals surface area contributed by atoms with Crippen LogP contribution in [-0.2, 0) is 17.8 Å². The number of fused-ring (bicyclic) bond motifs is 1. The molecule has 3 aromatic carbocycles. The van der Waals surface area contributed by atoms with Crippen LogP contribution >= 0.6 is 23.1 Å². The van der Waals surface area contributed by atoms with Crippen LogP contribution in [-0.4, -0.2) is 30.0 Å². The van der Waals surface area contributed by atoms with E-state index in [1.54, 1.807) is 6.33 Å². The van der Waals surface area contributed by atoms with Gasteiger partial charge in [-0.05, 0) is 41.4 Å². The number of hydrogen-bond donors (Lipinski definition) is 1. The molecule has 0 aliphatic heterocycles. The highest BCUT2D eigenvalue weighted by molar-refractivity contribution is 7.03. The van der Waals surface area contributed by atoms with Gasteiger partial charge in [-0.1, -0.05) is 64.6 Å². The number of carbonyl (C=O) groups excluding carboxylic acids is 1. The highest BCUT2D eigenvalue weighted by atomic mass is 35.5. The average molecular weight is 541 g/mol.